The molecule has 0 spiro atoms. The summed E-state index contributed by atoms with van der Waals surface area (Å²) in [7, 11) is 0. The molecule has 1 aromatic heterocycles. The molecule has 25 heavy (non-hydrogen) atoms. The predicted octanol–water partition coefficient (Wildman–Crippen LogP) is 3.61. The van der Waals surface area contributed by atoms with Gasteiger partial charge in [0.25, 0.3) is 5.91 Å². The number of nitrogens with one attached hydrogen (secondary N) is 2. The zero-order valence-electron chi connectivity index (χ0n) is 14.2. The van der Waals surface area contributed by atoms with Crippen molar-refractivity contribution in [1.82, 2.24) is 20.5 Å². The molecule has 5 nitrogen and oxygen atoms in total. The van der Waals surface area contributed by atoms with Gasteiger partial charge in [-0.05, 0) is 31.0 Å². The van der Waals surface area contributed by atoms with E-state index in [2.05, 4.69) is 26.6 Å². The number of aromatic nitrogens is 3. The summed E-state index contributed by atoms with van der Waals surface area (Å²) in [6.45, 7) is 4.47. The second-order valence-corrected chi connectivity index (χ2v) is 6.78. The minimum Gasteiger partial charge on any atom is -0.351 e. The van der Waals surface area contributed by atoms with Crippen molar-refractivity contribution in [3.8, 4) is 11.1 Å². The minimum absolute atomic E-state index is 0.0659. The number of benzene rings is 2. The largest absolute Gasteiger partial charge is 0.351 e. The highest BCUT2D eigenvalue weighted by atomic mass is 32.2. The van der Waals surface area contributed by atoms with Crippen LogP contribution in [0.3, 0.4) is 0 Å². The Morgan fingerprint density at radius 3 is 2.76 bits per heavy atom. The normalized spacial score (nSPS) is 10.6. The summed E-state index contributed by atoms with van der Waals surface area (Å²) in [4.78, 5) is 16.8. The minimum atomic E-state index is -0.0659. The van der Waals surface area contributed by atoms with Crippen LogP contribution in [0.5, 0.6) is 0 Å². The van der Waals surface area contributed by atoms with Crippen molar-refractivity contribution in [1.29, 1.82) is 0 Å². The SMILES string of the molecule is Cc1cccc(-c2ccccc2C(=O)NCCSc2n[nH]c(C)n2)c1. The van der Waals surface area contributed by atoms with Gasteiger partial charge in [-0.15, -0.1) is 5.10 Å². The predicted molar refractivity (Wildman–Crippen MR) is 101 cm³/mol. The Balaban J connectivity index is 1.64. The summed E-state index contributed by atoms with van der Waals surface area (Å²) < 4.78 is 0. The van der Waals surface area contributed by atoms with Gasteiger partial charge in [0, 0.05) is 17.9 Å². The van der Waals surface area contributed by atoms with E-state index >= 15 is 0 Å². The third-order valence-corrected chi connectivity index (χ3v) is 4.55. The fourth-order valence-electron chi connectivity index (χ4n) is 2.53. The maximum atomic E-state index is 12.6. The van der Waals surface area contributed by atoms with Crippen molar-refractivity contribution in [3.63, 3.8) is 0 Å². The van der Waals surface area contributed by atoms with Crippen LogP contribution < -0.4 is 5.32 Å². The fraction of sp³-hybridized carbons (Fsp3) is 0.211. The lowest BCUT2D eigenvalue weighted by Gasteiger charge is -2.10. The summed E-state index contributed by atoms with van der Waals surface area (Å²) in [6, 6.07) is 15.9. The molecule has 0 saturated carbocycles. The molecule has 0 bridgehead atoms. The van der Waals surface area contributed by atoms with Crippen LogP contribution in [0.4, 0.5) is 0 Å². The number of nitrogens with zero attached hydrogens (tertiary/aromatic N) is 2. The van der Waals surface area contributed by atoms with E-state index < -0.39 is 0 Å². The molecule has 1 heterocycles. The van der Waals surface area contributed by atoms with Gasteiger partial charge in [-0.2, -0.15) is 0 Å². The van der Waals surface area contributed by atoms with Gasteiger partial charge < -0.3 is 5.32 Å². The number of amides is 1. The molecule has 0 saturated heterocycles. The van der Waals surface area contributed by atoms with Crippen molar-refractivity contribution >= 4 is 17.7 Å². The van der Waals surface area contributed by atoms with Crippen molar-refractivity contribution in [2.75, 3.05) is 12.3 Å². The molecule has 2 N–H and O–H groups in total. The van der Waals surface area contributed by atoms with E-state index in [0.29, 0.717) is 17.3 Å². The number of thioether (sulfide) groups is 1. The third-order valence-electron chi connectivity index (χ3n) is 3.70. The standard InChI is InChI=1S/C19H20N4OS/c1-13-6-5-7-15(12-13)16-8-3-4-9-17(16)18(24)20-10-11-25-19-21-14(2)22-23-19/h3-9,12H,10-11H2,1-2H3,(H,20,24)(H,21,22,23). The Kier molecular flexibility index (Phi) is 5.50. The molecule has 0 fully saturated rings. The first-order valence-electron chi connectivity index (χ1n) is 8.09. The molecule has 3 rings (SSSR count). The molecule has 0 aliphatic heterocycles. The molecule has 1 amide bonds. The first-order valence-corrected chi connectivity index (χ1v) is 9.08. The maximum absolute atomic E-state index is 12.6. The zero-order chi connectivity index (χ0) is 17.6. The van der Waals surface area contributed by atoms with E-state index in [0.717, 1.165) is 22.7 Å². The van der Waals surface area contributed by atoms with Crippen molar-refractivity contribution in [2.24, 2.45) is 0 Å². The van der Waals surface area contributed by atoms with Gasteiger partial charge >= 0.3 is 0 Å². The fourth-order valence-corrected chi connectivity index (χ4v) is 3.23. The molecule has 128 valence electrons. The Morgan fingerprint density at radius 2 is 2.00 bits per heavy atom. The highest BCUT2D eigenvalue weighted by Crippen LogP contribution is 2.24. The van der Waals surface area contributed by atoms with Gasteiger partial charge in [0.2, 0.25) is 5.16 Å². The smallest absolute Gasteiger partial charge is 0.251 e. The molecule has 0 aliphatic rings. The number of rotatable bonds is 6. The Bertz CT molecular complexity index is 875. The van der Waals surface area contributed by atoms with Crippen LogP contribution >= 0.6 is 11.8 Å². The number of carbonyl (C=O) groups excluding carboxylic acids is 1. The van der Waals surface area contributed by atoms with Gasteiger partial charge in [-0.25, -0.2) is 4.98 Å². The summed E-state index contributed by atoms with van der Waals surface area (Å²) in [5.74, 6) is 1.44. The van der Waals surface area contributed by atoms with Crippen molar-refractivity contribution < 1.29 is 4.79 Å². The molecular formula is C19H20N4OS. The highest BCUT2D eigenvalue weighted by molar-refractivity contribution is 7.99. The summed E-state index contributed by atoms with van der Waals surface area (Å²) in [5, 5.41) is 10.5. The lowest BCUT2D eigenvalue weighted by Crippen LogP contribution is -2.26. The van der Waals surface area contributed by atoms with E-state index in [1.165, 1.54) is 17.3 Å². The van der Waals surface area contributed by atoms with Crippen LogP contribution in [0.2, 0.25) is 0 Å². The van der Waals surface area contributed by atoms with Crippen LogP contribution in [0.1, 0.15) is 21.7 Å². The summed E-state index contributed by atoms with van der Waals surface area (Å²) >= 11 is 1.51. The molecule has 2 aromatic carbocycles. The lowest BCUT2D eigenvalue weighted by atomic mass is 9.98. The van der Waals surface area contributed by atoms with E-state index in [-0.39, 0.29) is 5.91 Å². The summed E-state index contributed by atoms with van der Waals surface area (Å²) in [5.41, 5.74) is 3.86. The molecule has 0 atom stereocenters. The van der Waals surface area contributed by atoms with E-state index in [9.17, 15) is 4.79 Å². The molecule has 6 heteroatoms. The monoisotopic (exact) mass is 352 g/mol. The van der Waals surface area contributed by atoms with E-state index in [1.807, 2.05) is 56.3 Å². The third kappa shape index (κ3) is 4.48. The number of aromatic amines is 1. The average molecular weight is 352 g/mol. The van der Waals surface area contributed by atoms with Crippen LogP contribution in [0.25, 0.3) is 11.1 Å². The van der Waals surface area contributed by atoms with Gasteiger partial charge in [0.1, 0.15) is 5.82 Å². The second kappa shape index (κ2) is 7.98. The first-order chi connectivity index (χ1) is 12.1. The van der Waals surface area contributed by atoms with Crippen molar-refractivity contribution in [3.05, 3.63) is 65.5 Å². The van der Waals surface area contributed by atoms with Crippen LogP contribution in [0, 0.1) is 13.8 Å². The van der Waals surface area contributed by atoms with Crippen LogP contribution in [-0.2, 0) is 0 Å². The van der Waals surface area contributed by atoms with Gasteiger partial charge in [0.15, 0.2) is 0 Å². The lowest BCUT2D eigenvalue weighted by molar-refractivity contribution is 0.0957. The summed E-state index contributed by atoms with van der Waals surface area (Å²) in [6.07, 6.45) is 0. The Hall–Kier alpha value is -2.60. The highest BCUT2D eigenvalue weighted by Gasteiger charge is 2.12. The van der Waals surface area contributed by atoms with Gasteiger partial charge in [-0.3, -0.25) is 9.89 Å². The molecule has 0 radical (unpaired) electrons. The zero-order valence-corrected chi connectivity index (χ0v) is 15.1. The maximum Gasteiger partial charge on any atom is 0.251 e. The average Bonchev–Trinajstić information content (AvgIpc) is 3.04. The quantitative estimate of drug-likeness (QED) is 0.525. The van der Waals surface area contributed by atoms with Crippen LogP contribution in [-0.4, -0.2) is 33.4 Å². The Morgan fingerprint density at radius 1 is 1.16 bits per heavy atom. The number of hydrogen-bond acceptors (Lipinski definition) is 4. The second-order valence-electron chi connectivity index (χ2n) is 5.72. The molecule has 0 aliphatic carbocycles. The first kappa shape index (κ1) is 17.2. The van der Waals surface area contributed by atoms with E-state index in [1.54, 1.807) is 0 Å². The van der Waals surface area contributed by atoms with Crippen molar-refractivity contribution in [2.45, 2.75) is 19.0 Å². The van der Waals surface area contributed by atoms with E-state index in [4.69, 9.17) is 0 Å². The molecule has 3 aromatic rings. The number of hydrogen-bond donors (Lipinski definition) is 2. The molecule has 0 unspecified atom stereocenters. The number of H-pyrrole nitrogens is 1. The van der Waals surface area contributed by atoms with Crippen LogP contribution in [0.15, 0.2) is 53.7 Å². The number of aryl methyl sites for hydroxylation is 2. The van der Waals surface area contributed by atoms with Gasteiger partial charge in [-0.1, -0.05) is 59.8 Å². The topological polar surface area (TPSA) is 70.7 Å². The molecular weight excluding hydrogens is 332 g/mol. The Labute approximate surface area is 151 Å². The van der Waals surface area contributed by atoms with Gasteiger partial charge in [0.05, 0.1) is 0 Å². The number of carbonyl (C=O) groups is 1.